The van der Waals surface area contributed by atoms with E-state index in [0.29, 0.717) is 23.8 Å². The summed E-state index contributed by atoms with van der Waals surface area (Å²) in [5.74, 6) is 0.0424. The predicted molar refractivity (Wildman–Crippen MR) is 77.2 cm³/mol. The van der Waals surface area contributed by atoms with Gasteiger partial charge < -0.3 is 10.1 Å². The smallest absolute Gasteiger partial charge is 0.167 e. The van der Waals surface area contributed by atoms with Crippen LogP contribution in [-0.2, 0) is 0 Å². The van der Waals surface area contributed by atoms with Gasteiger partial charge in [0.05, 0.1) is 6.61 Å². The van der Waals surface area contributed by atoms with Gasteiger partial charge in [-0.3, -0.25) is 0 Å². The van der Waals surface area contributed by atoms with E-state index in [1.165, 1.54) is 18.9 Å². The Hall–Kier alpha value is -1.25. The lowest BCUT2D eigenvalue weighted by Crippen LogP contribution is -2.29. The number of halogens is 1. The van der Waals surface area contributed by atoms with Crippen LogP contribution in [0.25, 0.3) is 0 Å². The van der Waals surface area contributed by atoms with Crippen molar-refractivity contribution in [2.24, 2.45) is 5.41 Å². The van der Waals surface area contributed by atoms with E-state index in [-0.39, 0.29) is 5.82 Å². The zero-order chi connectivity index (χ0) is 13.9. The minimum Gasteiger partial charge on any atom is -0.491 e. The number of anilines is 1. The van der Waals surface area contributed by atoms with Crippen molar-refractivity contribution in [2.75, 3.05) is 11.9 Å². The largest absolute Gasteiger partial charge is 0.491 e. The van der Waals surface area contributed by atoms with E-state index in [4.69, 9.17) is 4.74 Å². The number of ether oxygens (including phenoxy) is 1. The molecule has 0 radical (unpaired) electrons. The van der Waals surface area contributed by atoms with Gasteiger partial charge in [-0.05, 0) is 50.2 Å². The molecule has 2 nitrogen and oxygen atoms in total. The maximum atomic E-state index is 13.7. The van der Waals surface area contributed by atoms with E-state index >= 15 is 0 Å². The molecule has 0 aromatic heterocycles. The third-order valence-electron chi connectivity index (χ3n) is 3.94. The van der Waals surface area contributed by atoms with E-state index < -0.39 is 0 Å². The van der Waals surface area contributed by atoms with Crippen molar-refractivity contribution in [1.29, 1.82) is 0 Å². The van der Waals surface area contributed by atoms with Gasteiger partial charge >= 0.3 is 0 Å². The third kappa shape index (κ3) is 3.85. The molecule has 0 unspecified atom stereocenters. The van der Waals surface area contributed by atoms with Crippen LogP contribution in [-0.4, -0.2) is 12.6 Å². The minimum atomic E-state index is -0.289. The summed E-state index contributed by atoms with van der Waals surface area (Å²) < 4.78 is 19.0. The summed E-state index contributed by atoms with van der Waals surface area (Å²) in [5.41, 5.74) is 1.31. The lowest BCUT2D eigenvalue weighted by atomic mass is 9.75. The molecule has 1 fully saturated rings. The molecular weight excluding hydrogens is 241 g/mol. The number of benzene rings is 1. The van der Waals surface area contributed by atoms with E-state index in [1.54, 1.807) is 6.07 Å². The molecule has 0 atom stereocenters. The fourth-order valence-corrected chi connectivity index (χ4v) is 2.64. The average molecular weight is 265 g/mol. The molecule has 1 aliphatic rings. The lowest BCUT2D eigenvalue weighted by molar-refractivity contribution is 0.232. The summed E-state index contributed by atoms with van der Waals surface area (Å²) in [6.07, 6.45) is 4.76. The topological polar surface area (TPSA) is 21.3 Å². The Morgan fingerprint density at radius 3 is 2.58 bits per heavy atom. The molecule has 0 amide bonds. The fourth-order valence-electron chi connectivity index (χ4n) is 2.64. The first kappa shape index (κ1) is 14.2. The maximum Gasteiger partial charge on any atom is 0.167 e. The van der Waals surface area contributed by atoms with Crippen molar-refractivity contribution < 1.29 is 9.13 Å². The van der Waals surface area contributed by atoms with Crippen LogP contribution in [0.1, 0.15) is 46.5 Å². The summed E-state index contributed by atoms with van der Waals surface area (Å²) >= 11 is 0. The minimum absolute atomic E-state index is 0.289. The van der Waals surface area contributed by atoms with Crippen LogP contribution in [0.4, 0.5) is 10.1 Å². The van der Waals surface area contributed by atoms with Gasteiger partial charge in [-0.1, -0.05) is 13.8 Å². The second-order valence-electron chi connectivity index (χ2n) is 6.16. The molecule has 1 N–H and O–H groups in total. The second kappa shape index (κ2) is 5.81. The molecule has 2 rings (SSSR count). The Balaban J connectivity index is 1.95. The van der Waals surface area contributed by atoms with Gasteiger partial charge in [0, 0.05) is 17.8 Å². The third-order valence-corrected chi connectivity index (χ3v) is 3.94. The van der Waals surface area contributed by atoms with Crippen LogP contribution in [0, 0.1) is 11.2 Å². The highest BCUT2D eigenvalue weighted by atomic mass is 19.1. The van der Waals surface area contributed by atoms with E-state index in [1.807, 2.05) is 13.0 Å². The van der Waals surface area contributed by atoms with Gasteiger partial charge in [-0.15, -0.1) is 0 Å². The highest BCUT2D eigenvalue weighted by molar-refractivity contribution is 5.48. The van der Waals surface area contributed by atoms with Crippen LogP contribution < -0.4 is 10.1 Å². The SMILES string of the molecule is CCOc1ccc(NC2CCC(C)(C)CC2)cc1F. The fraction of sp³-hybridized carbons (Fsp3) is 0.625. The van der Waals surface area contributed by atoms with Gasteiger partial charge in [-0.2, -0.15) is 0 Å². The van der Waals surface area contributed by atoms with Gasteiger partial charge in [0.1, 0.15) is 0 Å². The first-order valence-electron chi connectivity index (χ1n) is 7.19. The lowest BCUT2D eigenvalue weighted by Gasteiger charge is -2.35. The van der Waals surface area contributed by atoms with Crippen LogP contribution in [0.3, 0.4) is 0 Å². The number of hydrogen-bond acceptors (Lipinski definition) is 2. The van der Waals surface area contributed by atoms with Crippen molar-refractivity contribution in [3.05, 3.63) is 24.0 Å². The van der Waals surface area contributed by atoms with Crippen molar-refractivity contribution in [3.8, 4) is 5.75 Å². The quantitative estimate of drug-likeness (QED) is 0.858. The molecule has 3 heteroatoms. The number of hydrogen-bond donors (Lipinski definition) is 1. The van der Waals surface area contributed by atoms with Crippen LogP contribution in [0.15, 0.2) is 18.2 Å². The molecular formula is C16H24FNO. The standard InChI is InChI=1S/C16H24FNO/c1-4-19-15-6-5-13(11-14(15)17)18-12-7-9-16(2,3)10-8-12/h5-6,11-12,18H,4,7-10H2,1-3H3. The van der Waals surface area contributed by atoms with Gasteiger partial charge in [-0.25, -0.2) is 4.39 Å². The average Bonchev–Trinajstić information content (AvgIpc) is 2.35. The number of rotatable bonds is 4. The summed E-state index contributed by atoms with van der Waals surface area (Å²) in [4.78, 5) is 0. The van der Waals surface area contributed by atoms with Gasteiger partial charge in [0.15, 0.2) is 11.6 Å². The first-order valence-corrected chi connectivity index (χ1v) is 7.19. The van der Waals surface area contributed by atoms with E-state index in [9.17, 15) is 4.39 Å². The predicted octanol–water partition coefficient (Wildman–Crippen LogP) is 4.61. The Morgan fingerprint density at radius 2 is 2.00 bits per heavy atom. The molecule has 106 valence electrons. The van der Waals surface area contributed by atoms with Crippen LogP contribution in [0.2, 0.25) is 0 Å². The second-order valence-corrected chi connectivity index (χ2v) is 6.16. The molecule has 1 aromatic carbocycles. The van der Waals surface area contributed by atoms with Crippen molar-refractivity contribution in [1.82, 2.24) is 0 Å². The van der Waals surface area contributed by atoms with Gasteiger partial charge in [0.2, 0.25) is 0 Å². The normalized spacial score (nSPS) is 19.2. The maximum absolute atomic E-state index is 13.7. The first-order chi connectivity index (χ1) is 9.00. The highest BCUT2D eigenvalue weighted by Gasteiger charge is 2.26. The van der Waals surface area contributed by atoms with Crippen LogP contribution >= 0.6 is 0 Å². The van der Waals surface area contributed by atoms with E-state index in [2.05, 4.69) is 19.2 Å². The molecule has 19 heavy (non-hydrogen) atoms. The van der Waals surface area contributed by atoms with Crippen molar-refractivity contribution in [2.45, 2.75) is 52.5 Å². The molecule has 1 aliphatic carbocycles. The van der Waals surface area contributed by atoms with Crippen molar-refractivity contribution in [3.63, 3.8) is 0 Å². The van der Waals surface area contributed by atoms with Gasteiger partial charge in [0.25, 0.3) is 0 Å². The number of nitrogens with one attached hydrogen (secondary N) is 1. The highest BCUT2D eigenvalue weighted by Crippen LogP contribution is 2.36. The van der Waals surface area contributed by atoms with E-state index in [0.717, 1.165) is 18.5 Å². The summed E-state index contributed by atoms with van der Waals surface area (Å²) in [6, 6.07) is 5.59. The molecule has 0 heterocycles. The molecule has 1 aromatic rings. The Bertz CT molecular complexity index is 421. The molecule has 0 spiro atoms. The Morgan fingerprint density at radius 1 is 1.32 bits per heavy atom. The monoisotopic (exact) mass is 265 g/mol. The zero-order valence-corrected chi connectivity index (χ0v) is 12.1. The van der Waals surface area contributed by atoms with Crippen molar-refractivity contribution >= 4 is 5.69 Å². The summed E-state index contributed by atoms with van der Waals surface area (Å²) in [5, 5.41) is 3.43. The molecule has 0 bridgehead atoms. The molecule has 1 saturated carbocycles. The van der Waals surface area contributed by atoms with Crippen LogP contribution in [0.5, 0.6) is 5.75 Å². The Kier molecular flexibility index (Phi) is 4.33. The summed E-state index contributed by atoms with van der Waals surface area (Å²) in [6.45, 7) is 6.98. The zero-order valence-electron chi connectivity index (χ0n) is 12.1. The summed E-state index contributed by atoms with van der Waals surface area (Å²) in [7, 11) is 0. The molecule has 0 aliphatic heterocycles. The Labute approximate surface area is 115 Å². The molecule has 0 saturated heterocycles.